The number of aliphatic hydroxyl groups excluding tert-OH is 1. The van der Waals surface area contributed by atoms with E-state index in [-0.39, 0.29) is 0 Å². The zero-order valence-electron chi connectivity index (χ0n) is 12.4. The molecule has 3 rings (SSSR count). The van der Waals surface area contributed by atoms with Crippen LogP contribution < -0.4 is 10.1 Å². The molecule has 21 heavy (non-hydrogen) atoms. The summed E-state index contributed by atoms with van der Waals surface area (Å²) in [4.78, 5) is 4.37. The van der Waals surface area contributed by atoms with Gasteiger partial charge in [-0.1, -0.05) is 0 Å². The Morgan fingerprint density at radius 3 is 2.90 bits per heavy atom. The molecule has 2 N–H and O–H groups in total. The molecule has 1 aliphatic rings. The number of pyridine rings is 1. The summed E-state index contributed by atoms with van der Waals surface area (Å²) in [6, 6.07) is 7.73. The molecule has 112 valence electrons. The molecule has 0 saturated carbocycles. The van der Waals surface area contributed by atoms with Crippen molar-refractivity contribution in [1.82, 2.24) is 10.3 Å². The van der Waals surface area contributed by atoms with Crippen molar-refractivity contribution >= 4 is 10.9 Å². The van der Waals surface area contributed by atoms with Gasteiger partial charge < -0.3 is 15.2 Å². The quantitative estimate of drug-likeness (QED) is 0.907. The molecule has 1 fully saturated rings. The number of aliphatic hydroxyl groups is 1. The number of benzene rings is 1. The fourth-order valence-corrected chi connectivity index (χ4v) is 3.12. The summed E-state index contributed by atoms with van der Waals surface area (Å²) in [6.45, 7) is 2.12. The fraction of sp³-hybridized carbons (Fsp3) is 0.471. The van der Waals surface area contributed by atoms with Gasteiger partial charge in [-0.05, 0) is 68.1 Å². The van der Waals surface area contributed by atoms with Gasteiger partial charge in [0.2, 0.25) is 0 Å². The smallest absolute Gasteiger partial charge is 0.119 e. The third-order valence-electron chi connectivity index (χ3n) is 4.36. The van der Waals surface area contributed by atoms with Crippen molar-refractivity contribution in [3.63, 3.8) is 0 Å². The third kappa shape index (κ3) is 3.17. The molecular weight excluding hydrogens is 264 g/mol. The Labute approximate surface area is 125 Å². The molecule has 4 heteroatoms. The number of piperidine rings is 1. The van der Waals surface area contributed by atoms with E-state index in [1.165, 1.54) is 0 Å². The Morgan fingerprint density at radius 1 is 1.33 bits per heavy atom. The highest BCUT2D eigenvalue weighted by atomic mass is 16.5. The minimum absolute atomic E-state index is 0.439. The summed E-state index contributed by atoms with van der Waals surface area (Å²) in [5.74, 6) is 1.39. The van der Waals surface area contributed by atoms with Gasteiger partial charge in [-0.2, -0.15) is 0 Å². The molecule has 0 radical (unpaired) electrons. The van der Waals surface area contributed by atoms with Gasteiger partial charge in [0, 0.05) is 11.6 Å². The van der Waals surface area contributed by atoms with E-state index in [4.69, 9.17) is 4.74 Å². The van der Waals surface area contributed by atoms with Gasteiger partial charge in [0.05, 0.1) is 18.7 Å². The van der Waals surface area contributed by atoms with Crippen molar-refractivity contribution in [3.05, 3.63) is 36.0 Å². The summed E-state index contributed by atoms with van der Waals surface area (Å²) in [6.07, 6.45) is 4.44. The molecule has 1 aromatic heterocycles. The topological polar surface area (TPSA) is 54.4 Å². The largest absolute Gasteiger partial charge is 0.497 e. The lowest BCUT2D eigenvalue weighted by atomic mass is 9.89. The Kier molecular flexibility index (Phi) is 4.36. The molecule has 1 aliphatic heterocycles. The van der Waals surface area contributed by atoms with Crippen LogP contribution in [0.4, 0.5) is 0 Å². The first-order valence-corrected chi connectivity index (χ1v) is 7.59. The summed E-state index contributed by atoms with van der Waals surface area (Å²) >= 11 is 0. The van der Waals surface area contributed by atoms with Crippen LogP contribution in [0.15, 0.2) is 30.5 Å². The molecule has 2 heterocycles. The van der Waals surface area contributed by atoms with E-state index in [1.54, 1.807) is 13.3 Å². The second-order valence-electron chi connectivity index (χ2n) is 5.73. The zero-order valence-corrected chi connectivity index (χ0v) is 12.4. The minimum Gasteiger partial charge on any atom is -0.497 e. The lowest BCUT2D eigenvalue weighted by Crippen LogP contribution is -2.28. The van der Waals surface area contributed by atoms with Crippen LogP contribution in [0.1, 0.15) is 30.9 Å². The van der Waals surface area contributed by atoms with Crippen molar-refractivity contribution in [2.45, 2.75) is 25.4 Å². The van der Waals surface area contributed by atoms with Crippen LogP contribution >= 0.6 is 0 Å². The maximum absolute atomic E-state index is 10.6. The first-order valence-electron chi connectivity index (χ1n) is 7.59. The van der Waals surface area contributed by atoms with E-state index in [9.17, 15) is 5.11 Å². The van der Waals surface area contributed by atoms with Crippen LogP contribution in [-0.4, -0.2) is 30.3 Å². The van der Waals surface area contributed by atoms with E-state index in [2.05, 4.69) is 10.3 Å². The highest BCUT2D eigenvalue weighted by Gasteiger charge is 2.20. The highest BCUT2D eigenvalue weighted by molar-refractivity contribution is 5.83. The molecule has 0 spiro atoms. The number of nitrogens with one attached hydrogen (secondary N) is 1. The fourth-order valence-electron chi connectivity index (χ4n) is 3.12. The van der Waals surface area contributed by atoms with Crippen molar-refractivity contribution in [2.24, 2.45) is 5.92 Å². The normalized spacial score (nSPS) is 17.8. The number of ether oxygens (including phenoxy) is 1. The van der Waals surface area contributed by atoms with Crippen molar-refractivity contribution in [1.29, 1.82) is 0 Å². The summed E-state index contributed by atoms with van der Waals surface area (Å²) in [5.41, 5.74) is 1.86. The van der Waals surface area contributed by atoms with E-state index in [0.29, 0.717) is 5.92 Å². The zero-order chi connectivity index (χ0) is 14.7. The molecule has 4 nitrogen and oxygen atoms in total. The van der Waals surface area contributed by atoms with Crippen LogP contribution in [0.2, 0.25) is 0 Å². The van der Waals surface area contributed by atoms with Gasteiger partial charge in [-0.25, -0.2) is 0 Å². The SMILES string of the molecule is COc1ccc2nccc([C@H](O)CC3CCNCC3)c2c1. The van der Waals surface area contributed by atoms with Gasteiger partial charge in [0.25, 0.3) is 0 Å². The Balaban J connectivity index is 1.87. The lowest BCUT2D eigenvalue weighted by Gasteiger charge is -2.25. The highest BCUT2D eigenvalue weighted by Crippen LogP contribution is 2.31. The van der Waals surface area contributed by atoms with Crippen LogP contribution in [-0.2, 0) is 0 Å². The van der Waals surface area contributed by atoms with Crippen molar-refractivity contribution in [2.75, 3.05) is 20.2 Å². The van der Waals surface area contributed by atoms with Crippen molar-refractivity contribution in [3.8, 4) is 5.75 Å². The van der Waals surface area contributed by atoms with E-state index in [0.717, 1.165) is 54.6 Å². The first kappa shape index (κ1) is 14.3. The monoisotopic (exact) mass is 286 g/mol. The number of fused-ring (bicyclic) bond motifs is 1. The summed E-state index contributed by atoms with van der Waals surface area (Å²) < 4.78 is 5.29. The predicted octanol–water partition coefficient (Wildman–Crippen LogP) is 2.67. The van der Waals surface area contributed by atoms with E-state index >= 15 is 0 Å². The number of aromatic nitrogens is 1. The van der Waals surface area contributed by atoms with Crippen LogP contribution in [0.25, 0.3) is 10.9 Å². The molecule has 0 bridgehead atoms. The minimum atomic E-state index is -0.439. The Bertz CT molecular complexity index is 609. The maximum Gasteiger partial charge on any atom is 0.119 e. The average molecular weight is 286 g/mol. The predicted molar refractivity (Wildman–Crippen MR) is 83.5 cm³/mol. The summed E-state index contributed by atoms with van der Waals surface area (Å²) in [7, 11) is 1.66. The van der Waals surface area contributed by atoms with Gasteiger partial charge in [0.15, 0.2) is 0 Å². The standard InChI is InChI=1S/C17H22N2O2/c1-21-13-2-3-16-15(11-13)14(6-9-19-16)17(20)10-12-4-7-18-8-5-12/h2-3,6,9,11-12,17-18,20H,4-5,7-8,10H2,1H3/t17-/m1/s1. The molecular formula is C17H22N2O2. The number of rotatable bonds is 4. The van der Waals surface area contributed by atoms with Crippen LogP contribution in [0, 0.1) is 5.92 Å². The summed E-state index contributed by atoms with van der Waals surface area (Å²) in [5, 5.41) is 15.0. The van der Waals surface area contributed by atoms with Gasteiger partial charge in [-0.3, -0.25) is 4.98 Å². The van der Waals surface area contributed by atoms with Gasteiger partial charge in [0.1, 0.15) is 5.75 Å². The van der Waals surface area contributed by atoms with Crippen molar-refractivity contribution < 1.29 is 9.84 Å². The molecule has 1 atom stereocenters. The van der Waals surface area contributed by atoms with Crippen LogP contribution in [0.5, 0.6) is 5.75 Å². The first-order chi connectivity index (χ1) is 10.3. The molecule has 0 aliphatic carbocycles. The van der Waals surface area contributed by atoms with E-state index < -0.39 is 6.10 Å². The van der Waals surface area contributed by atoms with Gasteiger partial charge >= 0.3 is 0 Å². The average Bonchev–Trinajstić information content (AvgIpc) is 2.54. The second kappa shape index (κ2) is 6.41. The number of nitrogens with zero attached hydrogens (tertiary/aromatic N) is 1. The molecule has 1 saturated heterocycles. The number of hydrogen-bond donors (Lipinski definition) is 2. The molecule has 1 aromatic carbocycles. The van der Waals surface area contributed by atoms with Crippen LogP contribution in [0.3, 0.4) is 0 Å². The Morgan fingerprint density at radius 2 is 2.14 bits per heavy atom. The number of methoxy groups -OCH3 is 1. The molecule has 0 amide bonds. The van der Waals surface area contributed by atoms with Gasteiger partial charge in [-0.15, -0.1) is 0 Å². The molecule has 0 unspecified atom stereocenters. The van der Waals surface area contributed by atoms with E-state index in [1.807, 2.05) is 24.3 Å². The Hall–Kier alpha value is -1.65. The second-order valence-corrected chi connectivity index (χ2v) is 5.73. The number of hydrogen-bond acceptors (Lipinski definition) is 4. The third-order valence-corrected chi connectivity index (χ3v) is 4.36. The lowest BCUT2D eigenvalue weighted by molar-refractivity contribution is 0.135. The maximum atomic E-state index is 10.6. The molecule has 2 aromatic rings.